The van der Waals surface area contributed by atoms with Crippen molar-refractivity contribution in [2.75, 3.05) is 13.1 Å². The molecule has 7 heteroatoms. The fourth-order valence-electron chi connectivity index (χ4n) is 2.66. The number of carbonyl (C=O) groups is 1. The molecule has 3 heterocycles. The van der Waals surface area contributed by atoms with Gasteiger partial charge in [-0.25, -0.2) is 4.79 Å². The van der Waals surface area contributed by atoms with E-state index in [0.29, 0.717) is 18.3 Å². The van der Waals surface area contributed by atoms with Crippen LogP contribution in [0.4, 0.5) is 4.79 Å². The third-order valence-electron chi connectivity index (χ3n) is 3.71. The average Bonchev–Trinajstić information content (AvgIpc) is 3.17. The molecule has 2 amide bonds. The molecule has 0 saturated carbocycles. The van der Waals surface area contributed by atoms with Gasteiger partial charge in [-0.15, -0.1) is 21.5 Å². The molecule has 23 heavy (non-hydrogen) atoms. The van der Waals surface area contributed by atoms with Crippen LogP contribution in [-0.4, -0.2) is 39.8 Å². The zero-order valence-corrected chi connectivity index (χ0v) is 14.5. The first-order valence-electron chi connectivity index (χ1n) is 7.87. The highest BCUT2D eigenvalue weighted by molar-refractivity contribution is 7.13. The monoisotopic (exact) mass is 334 g/mol. The number of piperidine rings is 1. The van der Waals surface area contributed by atoms with Crippen LogP contribution < -0.4 is 5.32 Å². The Morgan fingerprint density at radius 3 is 2.96 bits per heavy atom. The molecule has 0 aromatic carbocycles. The Kier molecular flexibility index (Phi) is 4.39. The highest BCUT2D eigenvalue weighted by atomic mass is 32.1. The van der Waals surface area contributed by atoms with Gasteiger partial charge < -0.3 is 14.6 Å². The number of hydrogen-bond donors (Lipinski definition) is 1. The molecule has 1 saturated heterocycles. The second kappa shape index (κ2) is 6.31. The summed E-state index contributed by atoms with van der Waals surface area (Å²) in [5.41, 5.74) is -0.235. The minimum absolute atomic E-state index is 0.0276. The second-order valence-electron chi connectivity index (χ2n) is 6.89. The molecule has 0 bridgehead atoms. The molecule has 3 rings (SSSR count). The van der Waals surface area contributed by atoms with Crippen LogP contribution in [0.15, 0.2) is 21.9 Å². The van der Waals surface area contributed by atoms with E-state index in [4.69, 9.17) is 4.42 Å². The van der Waals surface area contributed by atoms with Crippen LogP contribution in [0.2, 0.25) is 0 Å². The van der Waals surface area contributed by atoms with Gasteiger partial charge in [0.05, 0.1) is 10.8 Å². The summed E-state index contributed by atoms with van der Waals surface area (Å²) < 4.78 is 5.83. The lowest BCUT2D eigenvalue weighted by molar-refractivity contribution is 0.167. The molecule has 1 N–H and O–H groups in total. The van der Waals surface area contributed by atoms with Crippen molar-refractivity contribution < 1.29 is 9.21 Å². The molecule has 0 aliphatic carbocycles. The Morgan fingerprint density at radius 2 is 2.26 bits per heavy atom. The largest absolute Gasteiger partial charge is 0.420 e. The van der Waals surface area contributed by atoms with Gasteiger partial charge in [0, 0.05) is 18.6 Å². The zero-order chi connectivity index (χ0) is 16.4. The molecule has 0 radical (unpaired) electrons. The molecule has 1 atom stereocenters. The van der Waals surface area contributed by atoms with Crippen molar-refractivity contribution in [2.45, 2.75) is 45.1 Å². The molecule has 1 aliphatic heterocycles. The second-order valence-corrected chi connectivity index (χ2v) is 7.84. The molecule has 124 valence electrons. The lowest BCUT2D eigenvalue weighted by atomic mass is 9.98. The van der Waals surface area contributed by atoms with Crippen molar-refractivity contribution in [3.8, 4) is 10.8 Å². The maximum absolute atomic E-state index is 12.3. The first-order chi connectivity index (χ1) is 10.9. The Labute approximate surface area is 139 Å². The molecule has 2 aromatic rings. The zero-order valence-electron chi connectivity index (χ0n) is 13.7. The topological polar surface area (TPSA) is 71.3 Å². The number of hydrogen-bond acceptors (Lipinski definition) is 5. The van der Waals surface area contributed by atoms with Crippen molar-refractivity contribution in [1.29, 1.82) is 0 Å². The summed E-state index contributed by atoms with van der Waals surface area (Å²) in [7, 11) is 0. The molecular weight excluding hydrogens is 312 g/mol. The summed E-state index contributed by atoms with van der Waals surface area (Å²) in [6.07, 6.45) is 1.91. The Hall–Kier alpha value is -1.89. The summed E-state index contributed by atoms with van der Waals surface area (Å²) in [5, 5.41) is 13.3. The predicted molar refractivity (Wildman–Crippen MR) is 89.4 cm³/mol. The van der Waals surface area contributed by atoms with E-state index in [2.05, 4.69) is 15.5 Å². The highest BCUT2D eigenvalue weighted by Crippen LogP contribution is 2.30. The van der Waals surface area contributed by atoms with Crippen LogP contribution >= 0.6 is 11.3 Å². The maximum Gasteiger partial charge on any atom is 0.317 e. The van der Waals surface area contributed by atoms with Gasteiger partial charge in [-0.3, -0.25) is 0 Å². The predicted octanol–water partition coefficient (Wildman–Crippen LogP) is 3.49. The first-order valence-corrected chi connectivity index (χ1v) is 8.75. The Morgan fingerprint density at radius 1 is 1.43 bits per heavy atom. The van der Waals surface area contributed by atoms with Crippen LogP contribution in [0.5, 0.6) is 0 Å². The molecule has 0 spiro atoms. The standard InChI is InChI=1S/C16H22N4O2S/c1-16(2,3)17-15(21)20-8-4-6-11(10-20)13-18-19-14(22-13)12-7-5-9-23-12/h5,7,9,11H,4,6,8,10H2,1-3H3,(H,17,21)/t11-/m0/s1. The van der Waals surface area contributed by atoms with Gasteiger partial charge in [0.25, 0.3) is 5.89 Å². The van der Waals surface area contributed by atoms with Gasteiger partial charge in [0.1, 0.15) is 0 Å². The molecule has 0 unspecified atom stereocenters. The highest BCUT2D eigenvalue weighted by Gasteiger charge is 2.29. The van der Waals surface area contributed by atoms with E-state index >= 15 is 0 Å². The van der Waals surface area contributed by atoms with Gasteiger partial charge in [0.2, 0.25) is 5.89 Å². The van der Waals surface area contributed by atoms with E-state index in [-0.39, 0.29) is 17.5 Å². The van der Waals surface area contributed by atoms with Gasteiger partial charge in [-0.2, -0.15) is 0 Å². The van der Waals surface area contributed by atoms with E-state index in [9.17, 15) is 4.79 Å². The number of urea groups is 1. The van der Waals surface area contributed by atoms with Gasteiger partial charge in [-0.1, -0.05) is 6.07 Å². The number of carbonyl (C=O) groups excluding carboxylic acids is 1. The van der Waals surface area contributed by atoms with Crippen molar-refractivity contribution in [2.24, 2.45) is 0 Å². The molecule has 1 aliphatic rings. The third-order valence-corrected chi connectivity index (χ3v) is 4.57. The van der Waals surface area contributed by atoms with E-state index in [1.54, 1.807) is 11.3 Å². The summed E-state index contributed by atoms with van der Waals surface area (Å²) in [5.74, 6) is 1.30. The van der Waals surface area contributed by atoms with Crippen LogP contribution in [0.25, 0.3) is 10.8 Å². The summed E-state index contributed by atoms with van der Waals surface area (Å²) >= 11 is 1.58. The number of nitrogens with zero attached hydrogens (tertiary/aromatic N) is 3. The summed E-state index contributed by atoms with van der Waals surface area (Å²) in [6, 6.07) is 3.90. The number of nitrogens with one attached hydrogen (secondary N) is 1. The van der Waals surface area contributed by atoms with Crippen molar-refractivity contribution >= 4 is 17.4 Å². The molecular formula is C16H22N4O2S. The molecule has 6 nitrogen and oxygen atoms in total. The molecule has 1 fully saturated rings. The summed E-state index contributed by atoms with van der Waals surface area (Å²) in [6.45, 7) is 7.34. The van der Waals surface area contributed by atoms with Gasteiger partial charge in [0.15, 0.2) is 0 Å². The van der Waals surface area contributed by atoms with Crippen LogP contribution in [0.3, 0.4) is 0 Å². The normalized spacial score (nSPS) is 18.9. The minimum Gasteiger partial charge on any atom is -0.420 e. The van der Waals surface area contributed by atoms with Crippen LogP contribution in [0.1, 0.15) is 45.4 Å². The van der Waals surface area contributed by atoms with Crippen molar-refractivity contribution in [3.63, 3.8) is 0 Å². The fourth-order valence-corrected chi connectivity index (χ4v) is 3.31. The summed E-state index contributed by atoms with van der Waals surface area (Å²) in [4.78, 5) is 15.1. The lowest BCUT2D eigenvalue weighted by Crippen LogP contribution is -2.51. The first kappa shape index (κ1) is 16.0. The quantitative estimate of drug-likeness (QED) is 0.912. The maximum atomic E-state index is 12.3. The smallest absolute Gasteiger partial charge is 0.317 e. The van der Waals surface area contributed by atoms with Crippen molar-refractivity contribution in [3.05, 3.63) is 23.4 Å². The average molecular weight is 334 g/mol. The minimum atomic E-state index is -0.235. The Balaban J connectivity index is 1.68. The number of amides is 2. The van der Waals surface area contributed by atoms with Crippen LogP contribution in [-0.2, 0) is 0 Å². The van der Waals surface area contributed by atoms with Gasteiger partial charge in [-0.05, 0) is 45.1 Å². The van der Waals surface area contributed by atoms with E-state index in [0.717, 1.165) is 24.3 Å². The van der Waals surface area contributed by atoms with E-state index < -0.39 is 0 Å². The number of likely N-dealkylation sites (tertiary alicyclic amines) is 1. The molecule has 2 aromatic heterocycles. The van der Waals surface area contributed by atoms with Crippen molar-refractivity contribution in [1.82, 2.24) is 20.4 Å². The number of rotatable bonds is 2. The fraction of sp³-hybridized carbons (Fsp3) is 0.562. The SMILES string of the molecule is CC(C)(C)NC(=O)N1CCC[C@H](c2nnc(-c3cccs3)o2)C1. The lowest BCUT2D eigenvalue weighted by Gasteiger charge is -2.33. The number of aromatic nitrogens is 2. The Bertz CT molecular complexity index is 660. The van der Waals surface area contributed by atoms with E-state index in [1.807, 2.05) is 43.2 Å². The number of thiophene rings is 1. The third kappa shape index (κ3) is 3.90. The van der Waals surface area contributed by atoms with Gasteiger partial charge >= 0.3 is 6.03 Å². The van der Waals surface area contributed by atoms with Crippen LogP contribution in [0, 0.1) is 0 Å². The van der Waals surface area contributed by atoms with E-state index in [1.165, 1.54) is 0 Å².